The van der Waals surface area contributed by atoms with Crippen LogP contribution < -0.4 is 15.8 Å². The number of rotatable bonds is 4. The summed E-state index contributed by atoms with van der Waals surface area (Å²) in [4.78, 5) is 21.2. The van der Waals surface area contributed by atoms with Crippen molar-refractivity contribution < 1.29 is 4.39 Å². The first-order valence-corrected chi connectivity index (χ1v) is 8.35. The maximum absolute atomic E-state index is 14.1. The summed E-state index contributed by atoms with van der Waals surface area (Å²) in [6.07, 6.45) is 1.52. The molecule has 3 rings (SSSR count). The first-order chi connectivity index (χ1) is 12.2. The number of aromatic nitrogens is 4. The maximum atomic E-state index is 14.1. The molecule has 0 atom stereocenters. The van der Waals surface area contributed by atoms with Gasteiger partial charge in [-0.05, 0) is 38.5 Å². The molecule has 0 aliphatic heterocycles. The molecule has 1 aromatic carbocycles. The third kappa shape index (κ3) is 3.40. The molecular formula is C18H23FN6O. The van der Waals surface area contributed by atoms with Gasteiger partial charge in [0.1, 0.15) is 11.2 Å². The van der Waals surface area contributed by atoms with Gasteiger partial charge in [0, 0.05) is 20.6 Å². The van der Waals surface area contributed by atoms with Gasteiger partial charge in [-0.3, -0.25) is 9.78 Å². The zero-order valence-electron chi connectivity index (χ0n) is 15.6. The summed E-state index contributed by atoms with van der Waals surface area (Å²) in [5, 5.41) is 7.76. The summed E-state index contributed by atoms with van der Waals surface area (Å²) >= 11 is 0. The molecule has 0 aliphatic rings. The zero-order valence-corrected chi connectivity index (χ0v) is 15.6. The van der Waals surface area contributed by atoms with Crippen molar-refractivity contribution >= 4 is 22.7 Å². The summed E-state index contributed by atoms with van der Waals surface area (Å²) in [6.45, 7) is 6.31. The van der Waals surface area contributed by atoms with E-state index in [1.165, 1.54) is 12.3 Å². The Morgan fingerprint density at radius 2 is 2.04 bits per heavy atom. The molecule has 0 amide bonds. The largest absolute Gasteiger partial charge is 0.375 e. The third-order valence-corrected chi connectivity index (χ3v) is 4.03. The van der Waals surface area contributed by atoms with Gasteiger partial charge in [0.05, 0.1) is 17.4 Å². The highest BCUT2D eigenvalue weighted by Gasteiger charge is 2.19. The van der Waals surface area contributed by atoms with Crippen LogP contribution in [0.2, 0.25) is 0 Å². The average molecular weight is 358 g/mol. The van der Waals surface area contributed by atoms with E-state index >= 15 is 0 Å². The molecule has 8 heteroatoms. The quantitative estimate of drug-likeness (QED) is 0.750. The lowest BCUT2D eigenvalue weighted by Gasteiger charge is -2.19. The van der Waals surface area contributed by atoms with Crippen molar-refractivity contribution in [2.24, 2.45) is 0 Å². The maximum Gasteiger partial charge on any atom is 0.263 e. The molecule has 138 valence electrons. The highest BCUT2D eigenvalue weighted by Crippen LogP contribution is 2.20. The smallest absolute Gasteiger partial charge is 0.263 e. The van der Waals surface area contributed by atoms with Gasteiger partial charge in [-0.15, -0.1) is 0 Å². The van der Waals surface area contributed by atoms with Gasteiger partial charge < -0.3 is 10.2 Å². The van der Waals surface area contributed by atoms with Crippen molar-refractivity contribution in [3.05, 3.63) is 46.1 Å². The highest BCUT2D eigenvalue weighted by molar-refractivity contribution is 5.74. The number of hydrogen-bond donors (Lipinski definition) is 2. The second kappa shape index (κ2) is 6.44. The van der Waals surface area contributed by atoms with Crippen molar-refractivity contribution in [1.29, 1.82) is 0 Å². The summed E-state index contributed by atoms with van der Waals surface area (Å²) in [6, 6.07) is 5.03. The van der Waals surface area contributed by atoms with Gasteiger partial charge in [0.2, 0.25) is 5.95 Å². The summed E-state index contributed by atoms with van der Waals surface area (Å²) < 4.78 is 15.8. The standard InChI is InChI=1S/C18H23FN6O/c1-18(2,3)25-15-12(10-21-25)16(26)23-17(22-15)20-9-11-6-7-14(24(4)5)13(19)8-11/h6-8,10H,9H2,1-5H3,(H2,20,22,23,26). The van der Waals surface area contributed by atoms with Crippen molar-refractivity contribution in [2.75, 3.05) is 24.3 Å². The Kier molecular flexibility index (Phi) is 4.43. The Balaban J connectivity index is 1.88. The first kappa shape index (κ1) is 17.9. The fourth-order valence-electron chi connectivity index (χ4n) is 2.70. The summed E-state index contributed by atoms with van der Waals surface area (Å²) in [5.74, 6) is 0.0302. The van der Waals surface area contributed by atoms with Crippen LogP contribution in [0.15, 0.2) is 29.2 Å². The van der Waals surface area contributed by atoms with E-state index in [2.05, 4.69) is 20.4 Å². The SMILES string of the molecule is CN(C)c1ccc(CNc2nc3c(cnn3C(C)(C)C)c(=O)[nH]2)cc1F. The second-order valence-corrected chi connectivity index (χ2v) is 7.41. The van der Waals surface area contributed by atoms with Crippen LogP contribution in [0.25, 0.3) is 11.0 Å². The molecular weight excluding hydrogens is 335 g/mol. The Hall–Kier alpha value is -2.90. The molecule has 2 aromatic heterocycles. The normalized spacial score (nSPS) is 11.8. The van der Waals surface area contributed by atoms with Gasteiger partial charge in [-0.1, -0.05) is 6.07 Å². The molecule has 0 fully saturated rings. The fourth-order valence-corrected chi connectivity index (χ4v) is 2.70. The number of nitrogens with zero attached hydrogens (tertiary/aromatic N) is 4. The van der Waals surface area contributed by atoms with Crippen molar-refractivity contribution in [3.63, 3.8) is 0 Å². The molecule has 3 aromatic rings. The van der Waals surface area contributed by atoms with Crippen LogP contribution in [0.5, 0.6) is 0 Å². The zero-order chi connectivity index (χ0) is 19.1. The van der Waals surface area contributed by atoms with E-state index in [-0.39, 0.29) is 16.9 Å². The van der Waals surface area contributed by atoms with E-state index in [0.29, 0.717) is 29.2 Å². The highest BCUT2D eigenvalue weighted by atomic mass is 19.1. The van der Waals surface area contributed by atoms with Crippen LogP contribution in [0.3, 0.4) is 0 Å². The van der Waals surface area contributed by atoms with Gasteiger partial charge in [-0.2, -0.15) is 10.1 Å². The first-order valence-electron chi connectivity index (χ1n) is 8.35. The minimum absolute atomic E-state index is 0.262. The van der Waals surface area contributed by atoms with Gasteiger partial charge in [0.25, 0.3) is 5.56 Å². The second-order valence-electron chi connectivity index (χ2n) is 7.41. The molecule has 26 heavy (non-hydrogen) atoms. The van der Waals surface area contributed by atoms with Gasteiger partial charge >= 0.3 is 0 Å². The predicted octanol–water partition coefficient (Wildman–Crippen LogP) is 2.69. The predicted molar refractivity (Wildman–Crippen MR) is 101 cm³/mol. The Bertz CT molecular complexity index is 999. The lowest BCUT2D eigenvalue weighted by Crippen LogP contribution is -2.24. The topological polar surface area (TPSA) is 78.8 Å². The molecule has 0 bridgehead atoms. The van der Waals surface area contributed by atoms with E-state index < -0.39 is 0 Å². The fraction of sp³-hybridized carbons (Fsp3) is 0.389. The lowest BCUT2D eigenvalue weighted by molar-refractivity contribution is 0.366. The summed E-state index contributed by atoms with van der Waals surface area (Å²) in [7, 11) is 3.58. The number of nitrogens with one attached hydrogen (secondary N) is 2. The van der Waals surface area contributed by atoms with Gasteiger partial charge in [-0.25, -0.2) is 9.07 Å². The van der Waals surface area contributed by atoms with Crippen molar-refractivity contribution in [1.82, 2.24) is 19.7 Å². The average Bonchev–Trinajstić information content (AvgIpc) is 2.97. The van der Waals surface area contributed by atoms with Crippen LogP contribution in [-0.4, -0.2) is 33.8 Å². The van der Waals surface area contributed by atoms with Crippen LogP contribution in [-0.2, 0) is 12.1 Å². The van der Waals surface area contributed by atoms with Crippen molar-refractivity contribution in [3.8, 4) is 0 Å². The number of aromatic amines is 1. The molecule has 0 saturated heterocycles. The Morgan fingerprint density at radius 3 is 2.65 bits per heavy atom. The molecule has 7 nitrogen and oxygen atoms in total. The van der Waals surface area contributed by atoms with Crippen LogP contribution in [0.4, 0.5) is 16.0 Å². The van der Waals surface area contributed by atoms with E-state index in [0.717, 1.165) is 5.56 Å². The van der Waals surface area contributed by atoms with E-state index in [1.54, 1.807) is 29.7 Å². The van der Waals surface area contributed by atoms with Crippen LogP contribution >= 0.6 is 0 Å². The minimum Gasteiger partial charge on any atom is -0.375 e. The number of hydrogen-bond acceptors (Lipinski definition) is 5. The molecule has 2 N–H and O–H groups in total. The Morgan fingerprint density at radius 1 is 1.31 bits per heavy atom. The minimum atomic E-state index is -0.301. The molecule has 2 heterocycles. The molecule has 0 radical (unpaired) electrons. The monoisotopic (exact) mass is 358 g/mol. The summed E-state index contributed by atoms with van der Waals surface area (Å²) in [5.41, 5.74) is 1.22. The number of fused-ring (bicyclic) bond motifs is 1. The van der Waals surface area contributed by atoms with Gasteiger partial charge in [0.15, 0.2) is 5.65 Å². The van der Waals surface area contributed by atoms with E-state index in [4.69, 9.17) is 0 Å². The Labute approximate surface area is 150 Å². The molecule has 0 aliphatic carbocycles. The molecule has 0 spiro atoms. The van der Waals surface area contributed by atoms with Crippen molar-refractivity contribution in [2.45, 2.75) is 32.9 Å². The lowest BCUT2D eigenvalue weighted by atomic mass is 10.1. The molecule has 0 saturated carbocycles. The number of H-pyrrole nitrogens is 1. The van der Waals surface area contributed by atoms with Crippen LogP contribution in [0.1, 0.15) is 26.3 Å². The van der Waals surface area contributed by atoms with E-state index in [1.807, 2.05) is 26.8 Å². The third-order valence-electron chi connectivity index (χ3n) is 4.03. The number of benzene rings is 1. The van der Waals surface area contributed by atoms with Crippen LogP contribution in [0, 0.1) is 5.82 Å². The molecule has 0 unspecified atom stereocenters. The number of anilines is 2. The van der Waals surface area contributed by atoms with E-state index in [9.17, 15) is 9.18 Å². The number of halogens is 1.